The Morgan fingerprint density at radius 1 is 0.667 bits per heavy atom. The Balaban J connectivity index is 1.09. The number of aromatic nitrogens is 1. The lowest BCUT2D eigenvalue weighted by atomic mass is 9.70. The quantitative estimate of drug-likeness (QED) is 0.0894. The van der Waals surface area contributed by atoms with Gasteiger partial charge < -0.3 is 9.22 Å². The van der Waals surface area contributed by atoms with E-state index in [0.29, 0.717) is 12.6 Å². The van der Waals surface area contributed by atoms with Gasteiger partial charge in [0.1, 0.15) is 18.7 Å². The summed E-state index contributed by atoms with van der Waals surface area (Å²) in [5, 5.41) is 14.6. The summed E-state index contributed by atoms with van der Waals surface area (Å²) in [5.41, 5.74) is 5.08. The molecule has 3 nitrogen and oxygen atoms in total. The van der Waals surface area contributed by atoms with E-state index < -0.39 is 0 Å². The lowest BCUT2D eigenvalue weighted by molar-refractivity contribution is -0.986. The van der Waals surface area contributed by atoms with Gasteiger partial charge in [-0.1, -0.05) is 122 Å². The van der Waals surface area contributed by atoms with Crippen LogP contribution < -0.4 is 0 Å². The molecular weight excluding hydrogens is 657 g/mol. The minimum atomic E-state index is -0.0908. The van der Waals surface area contributed by atoms with Gasteiger partial charge in [-0.2, -0.15) is 0 Å². The number of nitrogens with zero attached hydrogens (tertiary/aromatic N) is 2. The molecule has 8 aromatic carbocycles. The summed E-state index contributed by atoms with van der Waals surface area (Å²) in [6, 6.07) is 52.2. The van der Waals surface area contributed by atoms with Gasteiger partial charge in [-0.15, -0.1) is 0 Å². The zero-order valence-corrected chi connectivity index (χ0v) is 30.9. The monoisotopic (exact) mass is 701 g/mol. The van der Waals surface area contributed by atoms with Gasteiger partial charge in [-0.25, -0.2) is 0 Å². The second kappa shape index (κ2) is 12.6. The summed E-state index contributed by atoms with van der Waals surface area (Å²) in [6.45, 7) is 6.37. The van der Waals surface area contributed by atoms with Crippen molar-refractivity contribution in [3.8, 4) is 0 Å². The Hall–Kier alpha value is -5.35. The summed E-state index contributed by atoms with van der Waals surface area (Å²) < 4.78 is 8.67. The highest BCUT2D eigenvalue weighted by molar-refractivity contribution is 6.23. The van der Waals surface area contributed by atoms with Crippen LogP contribution in [0.25, 0.3) is 64.8 Å². The van der Waals surface area contributed by atoms with Crippen LogP contribution in [-0.2, 0) is 17.9 Å². The summed E-state index contributed by atoms with van der Waals surface area (Å²) >= 11 is 0. The minimum absolute atomic E-state index is 0.0908. The molecule has 2 bridgehead atoms. The zero-order chi connectivity index (χ0) is 35.8. The number of quaternary nitrogens is 1. The summed E-state index contributed by atoms with van der Waals surface area (Å²) in [5.74, 6) is 1.44. The van der Waals surface area contributed by atoms with E-state index in [1.165, 1.54) is 108 Å². The van der Waals surface area contributed by atoms with Crippen molar-refractivity contribution in [3.05, 3.63) is 162 Å². The third-order valence-electron chi connectivity index (χ3n) is 13.7. The molecule has 1 aromatic heterocycles. The fourth-order valence-electron chi connectivity index (χ4n) is 11.2. The van der Waals surface area contributed by atoms with Gasteiger partial charge in [-0.05, 0) is 102 Å². The Morgan fingerprint density at radius 3 is 2.13 bits per heavy atom. The van der Waals surface area contributed by atoms with Crippen LogP contribution in [0.2, 0.25) is 0 Å². The molecule has 264 valence electrons. The summed E-state index contributed by atoms with van der Waals surface area (Å²) in [6.07, 6.45) is 5.63. The SMILES string of the molecule is CC[C@H]1C[N@+]2(Cc3cc4cccc5ccc6cccc3c6c54)CC[C@H]1C[C@@H]2[C@@H](OCc1c2ccccc2cc2ccccc12)c1ccnc2ccccc12. The second-order valence-corrected chi connectivity index (χ2v) is 16.3. The van der Waals surface area contributed by atoms with Crippen LogP contribution in [0.1, 0.15) is 49.0 Å². The van der Waals surface area contributed by atoms with Gasteiger partial charge in [0.15, 0.2) is 0 Å². The number of ether oxygens (including phenoxy) is 1. The van der Waals surface area contributed by atoms with Crippen molar-refractivity contribution in [2.75, 3.05) is 13.1 Å². The molecule has 0 saturated carbocycles. The smallest absolute Gasteiger partial charge is 0.135 e. The molecule has 0 amide bonds. The third-order valence-corrected chi connectivity index (χ3v) is 13.7. The van der Waals surface area contributed by atoms with Crippen LogP contribution in [-0.4, -0.2) is 28.6 Å². The standard InChI is InChI=1S/C51H45N2O/c1-2-33-30-53(31-40-28-39-15-9-13-34-21-22-35-14-10-19-43(40)50(35)49(34)39)26-24-36(33)29-48(53)51(45-23-25-52-47-20-8-7-18-44(45)47)54-32-46-41-16-5-3-11-37(41)27-38-12-4-6-17-42(38)46/h3-23,25,27-28,33,36,48,51H,2,24,26,29-32H2,1H3/q+1/t33-,36-,48+,51-,53-/m0/s1. The van der Waals surface area contributed by atoms with Crippen molar-refractivity contribution >= 4 is 64.8 Å². The molecule has 3 heteroatoms. The second-order valence-electron chi connectivity index (χ2n) is 16.3. The third kappa shape index (κ3) is 4.98. The first-order valence-electron chi connectivity index (χ1n) is 20.0. The van der Waals surface area contributed by atoms with Crippen molar-refractivity contribution in [1.82, 2.24) is 4.98 Å². The van der Waals surface area contributed by atoms with E-state index in [-0.39, 0.29) is 6.10 Å². The molecule has 12 rings (SSSR count). The maximum atomic E-state index is 7.61. The van der Waals surface area contributed by atoms with Crippen LogP contribution in [0.15, 0.2) is 146 Å². The number of rotatable bonds is 8. The predicted octanol–water partition coefficient (Wildman–Crippen LogP) is 12.5. The first kappa shape index (κ1) is 32.1. The Morgan fingerprint density at radius 2 is 1.33 bits per heavy atom. The highest BCUT2D eigenvalue weighted by atomic mass is 16.5. The number of hydrogen-bond acceptors (Lipinski definition) is 2. The van der Waals surface area contributed by atoms with Crippen molar-refractivity contribution in [1.29, 1.82) is 0 Å². The topological polar surface area (TPSA) is 22.1 Å². The first-order valence-corrected chi connectivity index (χ1v) is 20.0. The van der Waals surface area contributed by atoms with Gasteiger partial charge in [0.2, 0.25) is 0 Å². The van der Waals surface area contributed by atoms with Gasteiger partial charge in [-0.3, -0.25) is 4.98 Å². The molecular formula is C51H45N2O+. The van der Waals surface area contributed by atoms with Crippen LogP contribution in [0, 0.1) is 11.8 Å². The molecule has 0 radical (unpaired) electrons. The number of benzene rings is 8. The molecule has 0 unspecified atom stereocenters. The molecule has 0 spiro atoms. The van der Waals surface area contributed by atoms with E-state index in [1.54, 1.807) is 0 Å². The van der Waals surface area contributed by atoms with E-state index >= 15 is 0 Å². The van der Waals surface area contributed by atoms with E-state index in [1.807, 2.05) is 6.20 Å². The molecule has 3 aliphatic heterocycles. The molecule has 3 aliphatic rings. The first-order chi connectivity index (χ1) is 26.7. The van der Waals surface area contributed by atoms with Crippen LogP contribution >= 0.6 is 0 Å². The normalized spacial score (nSPS) is 22.0. The Kier molecular flexibility index (Phi) is 7.50. The van der Waals surface area contributed by atoms with Crippen molar-refractivity contribution < 1.29 is 9.22 Å². The Labute approximate surface area is 316 Å². The molecule has 3 fully saturated rings. The van der Waals surface area contributed by atoms with E-state index in [0.717, 1.165) is 28.4 Å². The summed E-state index contributed by atoms with van der Waals surface area (Å²) in [7, 11) is 0. The molecule has 4 heterocycles. The highest BCUT2D eigenvalue weighted by Crippen LogP contribution is 2.51. The number of para-hydroxylation sites is 1. The van der Waals surface area contributed by atoms with E-state index in [4.69, 9.17) is 9.72 Å². The van der Waals surface area contributed by atoms with Crippen LogP contribution in [0.4, 0.5) is 0 Å². The molecule has 54 heavy (non-hydrogen) atoms. The lowest BCUT2D eigenvalue weighted by Gasteiger charge is -2.59. The Bertz CT molecular complexity index is 2800. The van der Waals surface area contributed by atoms with E-state index in [9.17, 15) is 0 Å². The fourth-order valence-corrected chi connectivity index (χ4v) is 11.2. The van der Waals surface area contributed by atoms with Crippen LogP contribution in [0.3, 0.4) is 0 Å². The minimum Gasteiger partial charge on any atom is -0.363 e. The number of pyridine rings is 1. The van der Waals surface area contributed by atoms with Crippen molar-refractivity contribution in [3.63, 3.8) is 0 Å². The average Bonchev–Trinajstić information content (AvgIpc) is 3.23. The van der Waals surface area contributed by atoms with Crippen molar-refractivity contribution in [2.45, 2.75) is 51.5 Å². The zero-order valence-electron chi connectivity index (χ0n) is 30.9. The number of fused-ring (bicyclic) bond motifs is 6. The number of piperidine rings is 3. The predicted molar refractivity (Wildman–Crippen MR) is 225 cm³/mol. The van der Waals surface area contributed by atoms with Crippen LogP contribution in [0.5, 0.6) is 0 Å². The maximum Gasteiger partial charge on any atom is 0.135 e. The molecule has 9 aromatic rings. The van der Waals surface area contributed by atoms with E-state index in [2.05, 4.69) is 146 Å². The molecule has 0 aliphatic carbocycles. The van der Waals surface area contributed by atoms with Gasteiger partial charge >= 0.3 is 0 Å². The molecule has 5 atom stereocenters. The summed E-state index contributed by atoms with van der Waals surface area (Å²) in [4.78, 5) is 4.85. The van der Waals surface area contributed by atoms with Crippen molar-refractivity contribution in [2.24, 2.45) is 11.8 Å². The fraction of sp³-hybridized carbons (Fsp3) is 0.235. The molecule has 0 N–H and O–H groups in total. The van der Waals surface area contributed by atoms with Gasteiger partial charge in [0, 0.05) is 35.9 Å². The highest BCUT2D eigenvalue weighted by Gasteiger charge is 2.55. The largest absolute Gasteiger partial charge is 0.363 e. The number of hydrogen-bond donors (Lipinski definition) is 0. The lowest BCUT2D eigenvalue weighted by Crippen LogP contribution is -2.67. The van der Waals surface area contributed by atoms with Gasteiger partial charge in [0.05, 0.1) is 25.2 Å². The molecule has 3 saturated heterocycles. The maximum absolute atomic E-state index is 7.61. The average molecular weight is 702 g/mol. The van der Waals surface area contributed by atoms with Gasteiger partial charge in [0.25, 0.3) is 0 Å².